The highest BCUT2D eigenvalue weighted by Crippen LogP contribution is 2.28. The maximum Gasteiger partial charge on any atom is 0.0640 e. The standard InChI is InChI=1S/C15H14N2S/c16-12-7-13-17(14-8-3-1-4-9-14)18-15-10-5-2-6-11-15/h1-6,8-11H,7,13H2. The summed E-state index contributed by atoms with van der Waals surface area (Å²) < 4.78 is 2.15. The Labute approximate surface area is 112 Å². The first-order valence-electron chi connectivity index (χ1n) is 5.83. The summed E-state index contributed by atoms with van der Waals surface area (Å²) in [6.45, 7) is 0.722. The zero-order valence-corrected chi connectivity index (χ0v) is 10.8. The number of nitrogens with zero attached hydrogens (tertiary/aromatic N) is 2. The summed E-state index contributed by atoms with van der Waals surface area (Å²) in [7, 11) is 0. The van der Waals surface area contributed by atoms with Crippen LogP contribution in [0.1, 0.15) is 6.42 Å². The van der Waals surface area contributed by atoms with Gasteiger partial charge in [0.15, 0.2) is 0 Å². The van der Waals surface area contributed by atoms with Gasteiger partial charge in [-0.2, -0.15) is 5.26 Å². The van der Waals surface area contributed by atoms with E-state index in [1.807, 2.05) is 36.4 Å². The number of hydrogen-bond acceptors (Lipinski definition) is 3. The van der Waals surface area contributed by atoms with Gasteiger partial charge in [-0.1, -0.05) is 36.4 Å². The molecule has 0 heterocycles. The molecule has 90 valence electrons. The first-order chi connectivity index (χ1) is 8.90. The van der Waals surface area contributed by atoms with Gasteiger partial charge in [0.25, 0.3) is 0 Å². The second-order valence-corrected chi connectivity index (χ2v) is 4.84. The predicted molar refractivity (Wildman–Crippen MR) is 76.3 cm³/mol. The fourth-order valence-electron chi connectivity index (χ4n) is 1.58. The van der Waals surface area contributed by atoms with Crippen molar-refractivity contribution in [2.24, 2.45) is 0 Å². The fraction of sp³-hybridized carbons (Fsp3) is 0.133. The highest BCUT2D eigenvalue weighted by atomic mass is 32.2. The van der Waals surface area contributed by atoms with Crippen molar-refractivity contribution in [3.63, 3.8) is 0 Å². The zero-order chi connectivity index (χ0) is 12.6. The molecule has 0 aliphatic carbocycles. The van der Waals surface area contributed by atoms with E-state index >= 15 is 0 Å². The average molecular weight is 254 g/mol. The number of nitriles is 1. The summed E-state index contributed by atoms with van der Waals surface area (Å²) in [5.74, 6) is 0. The molecule has 0 aliphatic heterocycles. The molecule has 2 aromatic rings. The molecular formula is C15H14N2S. The van der Waals surface area contributed by atoms with E-state index in [4.69, 9.17) is 5.26 Å². The van der Waals surface area contributed by atoms with E-state index < -0.39 is 0 Å². The van der Waals surface area contributed by atoms with Gasteiger partial charge in [0.2, 0.25) is 0 Å². The van der Waals surface area contributed by atoms with Crippen molar-refractivity contribution >= 4 is 17.6 Å². The molecule has 2 nitrogen and oxygen atoms in total. The third-order valence-corrected chi connectivity index (χ3v) is 3.53. The molecule has 18 heavy (non-hydrogen) atoms. The number of anilines is 1. The maximum absolute atomic E-state index is 8.74. The van der Waals surface area contributed by atoms with Crippen LogP contribution in [0.25, 0.3) is 0 Å². The molecular weight excluding hydrogens is 240 g/mol. The van der Waals surface area contributed by atoms with Crippen molar-refractivity contribution in [2.45, 2.75) is 11.3 Å². The normalized spacial score (nSPS) is 9.72. The van der Waals surface area contributed by atoms with Crippen LogP contribution in [0.3, 0.4) is 0 Å². The lowest BCUT2D eigenvalue weighted by molar-refractivity contribution is 1.01. The second-order valence-electron chi connectivity index (χ2n) is 3.75. The third kappa shape index (κ3) is 3.54. The van der Waals surface area contributed by atoms with Crippen LogP contribution in [0.5, 0.6) is 0 Å². The largest absolute Gasteiger partial charge is 0.311 e. The lowest BCUT2D eigenvalue weighted by Crippen LogP contribution is -2.15. The van der Waals surface area contributed by atoms with Crippen molar-refractivity contribution in [1.82, 2.24) is 0 Å². The van der Waals surface area contributed by atoms with Crippen molar-refractivity contribution in [3.05, 3.63) is 60.7 Å². The molecule has 0 unspecified atom stereocenters. The minimum atomic E-state index is 0.523. The van der Waals surface area contributed by atoms with Gasteiger partial charge < -0.3 is 4.31 Å². The van der Waals surface area contributed by atoms with Crippen LogP contribution in [0, 0.1) is 11.3 Å². The molecule has 0 bridgehead atoms. The molecule has 2 rings (SSSR count). The summed E-state index contributed by atoms with van der Waals surface area (Å²) in [4.78, 5) is 1.18. The molecule has 0 radical (unpaired) electrons. The van der Waals surface area contributed by atoms with E-state index in [1.165, 1.54) is 4.90 Å². The van der Waals surface area contributed by atoms with Gasteiger partial charge in [-0.15, -0.1) is 0 Å². The molecule has 3 heteroatoms. The molecule has 0 aromatic heterocycles. The molecule has 2 aromatic carbocycles. The van der Waals surface area contributed by atoms with Crippen LogP contribution in [0.15, 0.2) is 65.6 Å². The molecule has 0 N–H and O–H groups in total. The smallest absolute Gasteiger partial charge is 0.0640 e. The maximum atomic E-state index is 8.74. The summed E-state index contributed by atoms with van der Waals surface area (Å²) in [6.07, 6.45) is 0.523. The summed E-state index contributed by atoms with van der Waals surface area (Å²) in [5, 5.41) is 8.74. The van der Waals surface area contributed by atoms with Gasteiger partial charge in [-0.05, 0) is 36.2 Å². The Balaban J connectivity index is 2.14. The summed E-state index contributed by atoms with van der Waals surface area (Å²) in [5.41, 5.74) is 1.13. The minimum absolute atomic E-state index is 0.523. The lowest BCUT2D eigenvalue weighted by atomic mass is 10.3. The Hall–Kier alpha value is -1.92. The Morgan fingerprint density at radius 1 is 0.944 bits per heavy atom. The fourth-order valence-corrected chi connectivity index (χ4v) is 2.52. The lowest BCUT2D eigenvalue weighted by Gasteiger charge is -2.22. The minimum Gasteiger partial charge on any atom is -0.311 e. The number of hydrogen-bond donors (Lipinski definition) is 0. The van der Waals surface area contributed by atoms with E-state index in [2.05, 4.69) is 34.6 Å². The molecule has 0 aliphatic rings. The van der Waals surface area contributed by atoms with Crippen LogP contribution in [-0.4, -0.2) is 6.54 Å². The van der Waals surface area contributed by atoms with Gasteiger partial charge in [0, 0.05) is 17.1 Å². The predicted octanol–water partition coefficient (Wildman–Crippen LogP) is 4.11. The van der Waals surface area contributed by atoms with Gasteiger partial charge in [-0.25, -0.2) is 0 Å². The number of benzene rings is 2. The zero-order valence-electron chi connectivity index (χ0n) is 9.99. The monoisotopic (exact) mass is 254 g/mol. The van der Waals surface area contributed by atoms with Gasteiger partial charge in [0.1, 0.15) is 0 Å². The second kappa shape index (κ2) is 6.73. The van der Waals surface area contributed by atoms with Crippen LogP contribution in [0.4, 0.5) is 5.69 Å². The van der Waals surface area contributed by atoms with Crippen molar-refractivity contribution in [2.75, 3.05) is 10.8 Å². The molecule has 0 saturated heterocycles. The van der Waals surface area contributed by atoms with E-state index in [0.29, 0.717) is 6.42 Å². The van der Waals surface area contributed by atoms with E-state index in [-0.39, 0.29) is 0 Å². The Morgan fingerprint density at radius 2 is 1.56 bits per heavy atom. The topological polar surface area (TPSA) is 27.0 Å². The van der Waals surface area contributed by atoms with Crippen molar-refractivity contribution in [1.29, 1.82) is 5.26 Å². The molecule has 0 saturated carbocycles. The van der Waals surface area contributed by atoms with Crippen LogP contribution < -0.4 is 4.31 Å². The summed E-state index contributed by atoms with van der Waals surface area (Å²) in [6, 6.07) is 22.6. The molecule has 0 atom stereocenters. The van der Waals surface area contributed by atoms with Crippen molar-refractivity contribution < 1.29 is 0 Å². The molecule has 0 fully saturated rings. The Bertz CT molecular complexity index is 505. The molecule has 0 spiro atoms. The highest BCUT2D eigenvalue weighted by Gasteiger charge is 2.07. The van der Waals surface area contributed by atoms with Crippen LogP contribution in [0.2, 0.25) is 0 Å². The van der Waals surface area contributed by atoms with E-state index in [1.54, 1.807) is 11.9 Å². The average Bonchev–Trinajstić information content (AvgIpc) is 2.45. The first kappa shape index (κ1) is 12.5. The number of rotatable bonds is 5. The number of para-hydroxylation sites is 1. The highest BCUT2D eigenvalue weighted by molar-refractivity contribution is 8.00. The Morgan fingerprint density at radius 3 is 2.17 bits per heavy atom. The van der Waals surface area contributed by atoms with Crippen LogP contribution in [-0.2, 0) is 0 Å². The van der Waals surface area contributed by atoms with Crippen LogP contribution >= 0.6 is 11.9 Å². The van der Waals surface area contributed by atoms with Crippen molar-refractivity contribution in [3.8, 4) is 6.07 Å². The molecule has 0 amide bonds. The van der Waals surface area contributed by atoms with E-state index in [0.717, 1.165) is 12.2 Å². The third-order valence-electron chi connectivity index (χ3n) is 2.43. The Kier molecular flexibility index (Phi) is 4.68. The summed E-state index contributed by atoms with van der Waals surface area (Å²) >= 11 is 1.66. The van der Waals surface area contributed by atoms with Gasteiger partial charge in [-0.3, -0.25) is 0 Å². The SMILES string of the molecule is N#CCCN(Sc1ccccc1)c1ccccc1. The first-order valence-corrected chi connectivity index (χ1v) is 6.60. The van der Waals surface area contributed by atoms with Gasteiger partial charge in [0.05, 0.1) is 12.5 Å². The van der Waals surface area contributed by atoms with Gasteiger partial charge >= 0.3 is 0 Å². The van der Waals surface area contributed by atoms with E-state index in [9.17, 15) is 0 Å². The quantitative estimate of drug-likeness (QED) is 0.751.